The molecule has 0 atom stereocenters. The summed E-state index contributed by atoms with van der Waals surface area (Å²) < 4.78 is 13.6. The number of hydrogen-bond donors (Lipinski definition) is 0. The standard InChI is InChI=1S/C17H12N2O2S/c1-20-11-6-7-12-16(8-11)21-9-15(17(12)22)19-10-18-13-4-2-3-5-14(13)19/h2-10H,1H3. The van der Waals surface area contributed by atoms with Crippen molar-refractivity contribution in [2.75, 3.05) is 7.11 Å². The van der Waals surface area contributed by atoms with E-state index in [9.17, 15) is 0 Å². The van der Waals surface area contributed by atoms with Gasteiger partial charge in [0.2, 0.25) is 0 Å². The fourth-order valence-electron chi connectivity index (χ4n) is 2.54. The Balaban J connectivity index is 2.00. The molecule has 2 aromatic heterocycles. The van der Waals surface area contributed by atoms with Gasteiger partial charge in [0.25, 0.3) is 0 Å². The van der Waals surface area contributed by atoms with Crippen LogP contribution in [0.3, 0.4) is 0 Å². The van der Waals surface area contributed by atoms with Crippen LogP contribution in [0.4, 0.5) is 0 Å². The molecule has 4 rings (SSSR count). The smallest absolute Gasteiger partial charge is 0.139 e. The lowest BCUT2D eigenvalue weighted by molar-refractivity contribution is 0.414. The molecule has 22 heavy (non-hydrogen) atoms. The number of benzene rings is 2. The molecule has 0 saturated carbocycles. The van der Waals surface area contributed by atoms with Gasteiger partial charge in [0.1, 0.15) is 29.6 Å². The molecule has 0 saturated heterocycles. The normalized spacial score (nSPS) is 11.1. The Hall–Kier alpha value is -2.66. The molecule has 0 radical (unpaired) electrons. The van der Waals surface area contributed by atoms with Crippen molar-refractivity contribution in [2.24, 2.45) is 0 Å². The number of fused-ring (bicyclic) bond motifs is 2. The van der Waals surface area contributed by atoms with Crippen molar-refractivity contribution in [1.29, 1.82) is 0 Å². The van der Waals surface area contributed by atoms with Crippen molar-refractivity contribution in [3.05, 3.63) is 59.6 Å². The van der Waals surface area contributed by atoms with Gasteiger partial charge in [-0.1, -0.05) is 24.4 Å². The molecule has 2 heterocycles. The summed E-state index contributed by atoms with van der Waals surface area (Å²) in [6.07, 6.45) is 3.43. The molecule has 0 spiro atoms. The van der Waals surface area contributed by atoms with Crippen LogP contribution in [0.5, 0.6) is 5.75 Å². The average Bonchev–Trinajstić information content (AvgIpc) is 2.99. The number of aromatic nitrogens is 2. The summed E-state index contributed by atoms with van der Waals surface area (Å²) in [5.74, 6) is 0.742. The molecular weight excluding hydrogens is 296 g/mol. The molecule has 0 aliphatic heterocycles. The number of hydrogen-bond acceptors (Lipinski definition) is 4. The zero-order chi connectivity index (χ0) is 15.1. The highest BCUT2D eigenvalue weighted by Crippen LogP contribution is 2.27. The van der Waals surface area contributed by atoms with E-state index in [0.717, 1.165) is 32.4 Å². The molecule has 2 aromatic carbocycles. The van der Waals surface area contributed by atoms with Gasteiger partial charge >= 0.3 is 0 Å². The van der Waals surface area contributed by atoms with Crippen LogP contribution < -0.4 is 4.74 Å². The molecule has 0 aliphatic rings. The van der Waals surface area contributed by atoms with Crippen LogP contribution in [0.2, 0.25) is 0 Å². The fourth-order valence-corrected chi connectivity index (χ4v) is 2.86. The topological polar surface area (TPSA) is 40.2 Å². The van der Waals surface area contributed by atoms with E-state index >= 15 is 0 Å². The highest BCUT2D eigenvalue weighted by molar-refractivity contribution is 7.71. The molecule has 4 aromatic rings. The minimum Gasteiger partial charge on any atom is -0.497 e. The molecule has 4 nitrogen and oxygen atoms in total. The first kappa shape index (κ1) is 13.0. The van der Waals surface area contributed by atoms with Gasteiger partial charge in [0.15, 0.2) is 0 Å². The van der Waals surface area contributed by atoms with E-state index in [0.29, 0.717) is 5.58 Å². The minimum absolute atomic E-state index is 0.706. The average molecular weight is 308 g/mol. The number of ether oxygens (including phenoxy) is 1. The number of methoxy groups -OCH3 is 1. The summed E-state index contributed by atoms with van der Waals surface area (Å²) in [4.78, 5) is 4.40. The molecular formula is C17H12N2O2S. The predicted molar refractivity (Wildman–Crippen MR) is 88.2 cm³/mol. The number of nitrogens with zero attached hydrogens (tertiary/aromatic N) is 2. The van der Waals surface area contributed by atoms with Crippen LogP contribution in [0.25, 0.3) is 27.7 Å². The van der Waals surface area contributed by atoms with E-state index in [1.165, 1.54) is 0 Å². The zero-order valence-corrected chi connectivity index (χ0v) is 12.6. The monoisotopic (exact) mass is 308 g/mol. The van der Waals surface area contributed by atoms with E-state index in [1.807, 2.05) is 47.0 Å². The molecule has 0 fully saturated rings. The number of rotatable bonds is 2. The van der Waals surface area contributed by atoms with Gasteiger partial charge in [-0.25, -0.2) is 4.98 Å². The van der Waals surface area contributed by atoms with Crippen molar-refractivity contribution < 1.29 is 9.15 Å². The third kappa shape index (κ3) is 1.90. The minimum atomic E-state index is 0.706. The van der Waals surface area contributed by atoms with Gasteiger partial charge in [0, 0.05) is 11.5 Å². The second kappa shape index (κ2) is 4.96. The molecule has 0 unspecified atom stereocenters. The predicted octanol–water partition coefficient (Wildman–Crippen LogP) is 4.51. The maximum absolute atomic E-state index is 5.74. The maximum atomic E-state index is 5.74. The van der Waals surface area contributed by atoms with E-state index in [-0.39, 0.29) is 0 Å². The van der Waals surface area contributed by atoms with Gasteiger partial charge in [0.05, 0.1) is 22.7 Å². The Morgan fingerprint density at radius 2 is 2.05 bits per heavy atom. The third-order valence-corrected chi connectivity index (χ3v) is 4.11. The van der Waals surface area contributed by atoms with Crippen molar-refractivity contribution in [1.82, 2.24) is 9.55 Å². The second-order valence-electron chi connectivity index (χ2n) is 4.92. The largest absolute Gasteiger partial charge is 0.497 e. The lowest BCUT2D eigenvalue weighted by Gasteiger charge is -2.07. The number of para-hydroxylation sites is 2. The molecule has 108 valence electrons. The highest BCUT2D eigenvalue weighted by Gasteiger charge is 2.09. The van der Waals surface area contributed by atoms with E-state index in [1.54, 1.807) is 19.7 Å². The molecule has 0 amide bonds. The number of imidazole rings is 1. The van der Waals surface area contributed by atoms with E-state index in [4.69, 9.17) is 21.4 Å². The zero-order valence-electron chi connectivity index (χ0n) is 11.8. The lowest BCUT2D eigenvalue weighted by atomic mass is 10.2. The van der Waals surface area contributed by atoms with Crippen LogP contribution in [-0.4, -0.2) is 16.7 Å². The Morgan fingerprint density at radius 1 is 1.18 bits per heavy atom. The Bertz CT molecular complexity index is 1050. The van der Waals surface area contributed by atoms with Gasteiger partial charge in [-0.2, -0.15) is 0 Å². The van der Waals surface area contributed by atoms with Crippen LogP contribution in [0.15, 0.2) is 59.5 Å². The molecule has 0 aliphatic carbocycles. The van der Waals surface area contributed by atoms with Gasteiger partial charge in [-0.05, 0) is 24.3 Å². The van der Waals surface area contributed by atoms with Crippen LogP contribution >= 0.6 is 12.2 Å². The van der Waals surface area contributed by atoms with Gasteiger partial charge in [-0.15, -0.1) is 0 Å². The van der Waals surface area contributed by atoms with Crippen molar-refractivity contribution in [2.45, 2.75) is 0 Å². The summed E-state index contributed by atoms with van der Waals surface area (Å²) in [6, 6.07) is 13.6. The summed E-state index contributed by atoms with van der Waals surface area (Å²) in [7, 11) is 1.63. The summed E-state index contributed by atoms with van der Waals surface area (Å²) in [5.41, 5.74) is 3.43. The van der Waals surface area contributed by atoms with Crippen LogP contribution in [0, 0.1) is 4.51 Å². The first-order valence-electron chi connectivity index (χ1n) is 6.80. The first-order chi connectivity index (χ1) is 10.8. The van der Waals surface area contributed by atoms with Crippen molar-refractivity contribution in [3.8, 4) is 11.4 Å². The van der Waals surface area contributed by atoms with E-state index < -0.39 is 0 Å². The first-order valence-corrected chi connectivity index (χ1v) is 7.21. The quantitative estimate of drug-likeness (QED) is 0.511. The Labute approximate surface area is 131 Å². The maximum Gasteiger partial charge on any atom is 0.139 e. The summed E-state index contributed by atoms with van der Waals surface area (Å²) >= 11 is 5.63. The highest BCUT2D eigenvalue weighted by atomic mass is 32.1. The van der Waals surface area contributed by atoms with Gasteiger partial charge in [-0.3, -0.25) is 4.57 Å². The van der Waals surface area contributed by atoms with Crippen molar-refractivity contribution >= 4 is 34.2 Å². The molecule has 0 N–H and O–H groups in total. The lowest BCUT2D eigenvalue weighted by Crippen LogP contribution is -1.93. The summed E-state index contributed by atoms with van der Waals surface area (Å²) in [6.45, 7) is 0. The SMILES string of the molecule is COc1ccc2c(=S)c(-n3cnc4ccccc43)coc2c1. The Kier molecular flexibility index (Phi) is 2.94. The summed E-state index contributed by atoms with van der Waals surface area (Å²) in [5, 5.41) is 0.881. The van der Waals surface area contributed by atoms with E-state index in [2.05, 4.69) is 4.98 Å². The van der Waals surface area contributed by atoms with Crippen molar-refractivity contribution in [3.63, 3.8) is 0 Å². The molecule has 5 heteroatoms. The fraction of sp³-hybridized carbons (Fsp3) is 0.0588. The third-order valence-electron chi connectivity index (χ3n) is 3.68. The second-order valence-corrected chi connectivity index (χ2v) is 5.32. The Morgan fingerprint density at radius 3 is 2.91 bits per heavy atom. The van der Waals surface area contributed by atoms with Crippen LogP contribution in [-0.2, 0) is 0 Å². The van der Waals surface area contributed by atoms with Crippen LogP contribution in [0.1, 0.15) is 0 Å². The van der Waals surface area contributed by atoms with Gasteiger partial charge < -0.3 is 9.15 Å². The molecule has 0 bridgehead atoms.